The third-order valence-electron chi connectivity index (χ3n) is 3.92. The molecule has 1 heteroatoms. The van der Waals surface area contributed by atoms with Gasteiger partial charge in [0.25, 0.3) is 0 Å². The molecule has 0 fully saturated rings. The van der Waals surface area contributed by atoms with Crippen LogP contribution in [0.1, 0.15) is 58.4 Å². The second-order valence-electron chi connectivity index (χ2n) is 7.71. The first-order valence-electron chi connectivity index (χ1n) is 7.16. The quantitative estimate of drug-likeness (QED) is 0.602. The van der Waals surface area contributed by atoms with Crippen molar-refractivity contribution >= 4 is 10.9 Å². The summed E-state index contributed by atoms with van der Waals surface area (Å²) in [4.78, 5) is 0. The molecule has 0 aliphatic rings. The zero-order chi connectivity index (χ0) is 14.6. The Balaban J connectivity index is 2.82. The van der Waals surface area contributed by atoms with Crippen LogP contribution in [0.5, 0.6) is 0 Å². The Morgan fingerprint density at radius 2 is 1.47 bits per heavy atom. The first-order chi connectivity index (χ1) is 8.53. The van der Waals surface area contributed by atoms with Crippen LogP contribution in [0, 0.1) is 13.8 Å². The molecule has 2 rings (SSSR count). The number of hydrogen-bond donors (Lipinski definition) is 0. The van der Waals surface area contributed by atoms with Gasteiger partial charge in [-0.25, -0.2) is 0 Å². The van der Waals surface area contributed by atoms with Gasteiger partial charge >= 0.3 is 0 Å². The van der Waals surface area contributed by atoms with Gasteiger partial charge in [-0.2, -0.15) is 0 Å². The Kier molecular flexibility index (Phi) is 3.08. The lowest BCUT2D eigenvalue weighted by atomic mass is 9.83. The van der Waals surface area contributed by atoms with E-state index in [1.54, 1.807) is 0 Å². The van der Waals surface area contributed by atoms with Crippen molar-refractivity contribution in [3.8, 4) is 0 Å². The Morgan fingerprint density at radius 3 is 1.95 bits per heavy atom. The first kappa shape index (κ1) is 14.2. The van der Waals surface area contributed by atoms with E-state index < -0.39 is 0 Å². The molecule has 1 nitrogen and oxygen atoms in total. The maximum atomic E-state index is 2.45. The van der Waals surface area contributed by atoms with Gasteiger partial charge in [0.15, 0.2) is 0 Å². The lowest BCUT2D eigenvalue weighted by molar-refractivity contribution is 0.403. The first-order valence-corrected chi connectivity index (χ1v) is 7.16. The second-order valence-corrected chi connectivity index (χ2v) is 7.71. The van der Waals surface area contributed by atoms with Gasteiger partial charge in [-0.05, 0) is 63.3 Å². The number of aryl methyl sites for hydroxylation is 2. The van der Waals surface area contributed by atoms with Crippen LogP contribution in [-0.2, 0) is 11.0 Å². The van der Waals surface area contributed by atoms with E-state index in [1.165, 1.54) is 27.7 Å². The van der Waals surface area contributed by atoms with Crippen LogP contribution in [0.25, 0.3) is 10.9 Å². The zero-order valence-electron chi connectivity index (χ0n) is 13.7. The largest absolute Gasteiger partial charge is 0.340 e. The summed E-state index contributed by atoms with van der Waals surface area (Å²) in [5.41, 5.74) is 5.91. The summed E-state index contributed by atoms with van der Waals surface area (Å²) in [6, 6.07) is 6.94. The fourth-order valence-corrected chi connectivity index (χ4v) is 3.26. The summed E-state index contributed by atoms with van der Waals surface area (Å²) in [6.07, 6.45) is 0. The second kappa shape index (κ2) is 4.13. The average Bonchev–Trinajstić information content (AvgIpc) is 2.52. The van der Waals surface area contributed by atoms with Gasteiger partial charge in [0, 0.05) is 22.1 Å². The van der Waals surface area contributed by atoms with Crippen molar-refractivity contribution in [2.75, 3.05) is 0 Å². The fourth-order valence-electron chi connectivity index (χ4n) is 3.26. The standard InChI is InChI=1S/C18H27N/c1-12-11-14-13(2)15(17(3,4)5)9-10-16(14)19(12)18(6,7)8/h9-11H,1-8H3. The highest BCUT2D eigenvalue weighted by atomic mass is 15.0. The summed E-state index contributed by atoms with van der Waals surface area (Å²) in [7, 11) is 0. The monoisotopic (exact) mass is 257 g/mol. The number of aromatic nitrogens is 1. The van der Waals surface area contributed by atoms with E-state index in [1.807, 2.05) is 0 Å². The normalized spacial score (nSPS) is 13.3. The summed E-state index contributed by atoms with van der Waals surface area (Å²) in [5.74, 6) is 0. The molecule has 0 bridgehead atoms. The van der Waals surface area contributed by atoms with Gasteiger partial charge in [0.2, 0.25) is 0 Å². The van der Waals surface area contributed by atoms with Crippen LogP contribution in [-0.4, -0.2) is 4.57 Å². The van der Waals surface area contributed by atoms with Crippen molar-refractivity contribution in [3.63, 3.8) is 0 Å². The maximum Gasteiger partial charge on any atom is 0.0490 e. The molecule has 0 spiro atoms. The van der Waals surface area contributed by atoms with E-state index in [2.05, 4.69) is 78.2 Å². The van der Waals surface area contributed by atoms with E-state index >= 15 is 0 Å². The maximum absolute atomic E-state index is 2.45. The minimum absolute atomic E-state index is 0.127. The number of fused-ring (bicyclic) bond motifs is 1. The van der Waals surface area contributed by atoms with Crippen molar-refractivity contribution in [1.29, 1.82) is 0 Å². The van der Waals surface area contributed by atoms with E-state index in [0.717, 1.165) is 0 Å². The molecule has 0 aliphatic heterocycles. The molecule has 0 N–H and O–H groups in total. The lowest BCUT2D eigenvalue weighted by Gasteiger charge is -2.26. The third-order valence-corrected chi connectivity index (χ3v) is 3.92. The van der Waals surface area contributed by atoms with Gasteiger partial charge in [-0.1, -0.05) is 26.8 Å². The van der Waals surface area contributed by atoms with Gasteiger partial charge in [0.05, 0.1) is 0 Å². The highest BCUT2D eigenvalue weighted by Crippen LogP contribution is 2.34. The average molecular weight is 257 g/mol. The Hall–Kier alpha value is -1.24. The van der Waals surface area contributed by atoms with Crippen LogP contribution < -0.4 is 0 Å². The van der Waals surface area contributed by atoms with E-state index in [4.69, 9.17) is 0 Å². The molecule has 0 amide bonds. The molecule has 1 aromatic heterocycles. The number of rotatable bonds is 0. The molecular formula is C18H27N. The molecule has 0 saturated carbocycles. The molecule has 0 unspecified atom stereocenters. The van der Waals surface area contributed by atoms with E-state index in [-0.39, 0.29) is 11.0 Å². The minimum atomic E-state index is 0.127. The Labute approximate surface area is 117 Å². The van der Waals surface area contributed by atoms with Crippen LogP contribution >= 0.6 is 0 Å². The van der Waals surface area contributed by atoms with Crippen LogP contribution in [0.15, 0.2) is 18.2 Å². The Bertz CT molecular complexity index is 616. The number of benzene rings is 1. The molecule has 1 aromatic carbocycles. The van der Waals surface area contributed by atoms with Crippen LogP contribution in [0.3, 0.4) is 0 Å². The van der Waals surface area contributed by atoms with Crippen LogP contribution in [0.4, 0.5) is 0 Å². The molecule has 0 radical (unpaired) electrons. The molecule has 19 heavy (non-hydrogen) atoms. The van der Waals surface area contributed by atoms with Gasteiger partial charge in [-0.15, -0.1) is 0 Å². The molecule has 1 heterocycles. The highest BCUT2D eigenvalue weighted by Gasteiger charge is 2.22. The molecule has 2 aromatic rings. The molecular weight excluding hydrogens is 230 g/mol. The summed E-state index contributed by atoms with van der Waals surface area (Å²) >= 11 is 0. The Morgan fingerprint density at radius 1 is 0.895 bits per heavy atom. The fraction of sp³-hybridized carbons (Fsp3) is 0.556. The predicted molar refractivity (Wildman–Crippen MR) is 85.1 cm³/mol. The minimum Gasteiger partial charge on any atom is -0.340 e. The highest BCUT2D eigenvalue weighted by molar-refractivity contribution is 5.86. The van der Waals surface area contributed by atoms with Crippen molar-refractivity contribution in [3.05, 3.63) is 35.0 Å². The predicted octanol–water partition coefficient (Wildman–Crippen LogP) is 5.31. The summed E-state index contributed by atoms with van der Waals surface area (Å²) < 4.78 is 2.45. The van der Waals surface area contributed by atoms with Gasteiger partial charge in [0.1, 0.15) is 0 Å². The smallest absolute Gasteiger partial charge is 0.0490 e. The zero-order valence-corrected chi connectivity index (χ0v) is 13.7. The topological polar surface area (TPSA) is 4.93 Å². The third kappa shape index (κ3) is 2.31. The molecule has 0 aliphatic carbocycles. The van der Waals surface area contributed by atoms with E-state index in [9.17, 15) is 0 Å². The SMILES string of the molecule is Cc1c(C(C)(C)C)ccc2c1cc(C)n2C(C)(C)C. The van der Waals surface area contributed by atoms with Crippen LogP contribution in [0.2, 0.25) is 0 Å². The molecule has 104 valence electrons. The summed E-state index contributed by atoms with van der Waals surface area (Å²) in [5, 5.41) is 1.40. The van der Waals surface area contributed by atoms with E-state index in [0.29, 0.717) is 0 Å². The number of hydrogen-bond acceptors (Lipinski definition) is 0. The van der Waals surface area contributed by atoms with Crippen molar-refractivity contribution in [2.45, 2.75) is 66.3 Å². The van der Waals surface area contributed by atoms with Crippen molar-refractivity contribution < 1.29 is 0 Å². The number of nitrogens with zero attached hydrogens (tertiary/aromatic N) is 1. The lowest BCUT2D eigenvalue weighted by Crippen LogP contribution is -2.22. The van der Waals surface area contributed by atoms with Crippen molar-refractivity contribution in [1.82, 2.24) is 4.57 Å². The van der Waals surface area contributed by atoms with Gasteiger partial charge < -0.3 is 4.57 Å². The molecule has 0 saturated heterocycles. The summed E-state index contributed by atoms with van der Waals surface area (Å²) in [6.45, 7) is 18.1. The molecule has 0 atom stereocenters. The van der Waals surface area contributed by atoms with Gasteiger partial charge in [-0.3, -0.25) is 0 Å². The van der Waals surface area contributed by atoms with Crippen molar-refractivity contribution in [2.24, 2.45) is 0 Å².